The number of ether oxygens (including phenoxy) is 3. The molecule has 0 aliphatic carbocycles. The standard InChI is InChI=1S/C18H26N2O5/c1-17(2,3)25-16(21)20-12-7-18(22,8-13(20)11-24-10-12)14-9-19-6-5-15(14)23-4/h5-6,9,12-13,22H,7-8,10-11H2,1-4H3. The summed E-state index contributed by atoms with van der Waals surface area (Å²) in [6.07, 6.45) is 3.62. The van der Waals surface area contributed by atoms with Crippen LogP contribution in [0.2, 0.25) is 0 Å². The second-order valence-corrected chi connectivity index (χ2v) is 7.75. The number of methoxy groups -OCH3 is 1. The van der Waals surface area contributed by atoms with Gasteiger partial charge >= 0.3 is 6.09 Å². The fraction of sp³-hybridized carbons (Fsp3) is 0.667. The van der Waals surface area contributed by atoms with Crippen LogP contribution in [0.5, 0.6) is 5.75 Å². The number of amides is 1. The molecule has 7 nitrogen and oxygen atoms in total. The minimum absolute atomic E-state index is 0.253. The number of aromatic nitrogens is 1. The number of piperidine rings is 1. The van der Waals surface area contributed by atoms with Crippen molar-refractivity contribution >= 4 is 6.09 Å². The molecule has 2 bridgehead atoms. The molecule has 2 unspecified atom stereocenters. The van der Waals surface area contributed by atoms with E-state index in [4.69, 9.17) is 14.2 Å². The van der Waals surface area contributed by atoms with E-state index in [0.717, 1.165) is 0 Å². The van der Waals surface area contributed by atoms with Gasteiger partial charge in [0.1, 0.15) is 11.4 Å². The topological polar surface area (TPSA) is 81.1 Å². The van der Waals surface area contributed by atoms with Crippen molar-refractivity contribution < 1.29 is 24.1 Å². The van der Waals surface area contributed by atoms with Crippen molar-refractivity contribution in [2.75, 3.05) is 20.3 Å². The van der Waals surface area contributed by atoms with Gasteiger partial charge in [0.15, 0.2) is 0 Å². The van der Waals surface area contributed by atoms with Gasteiger partial charge in [0.2, 0.25) is 0 Å². The maximum Gasteiger partial charge on any atom is 0.410 e. The van der Waals surface area contributed by atoms with Crippen LogP contribution < -0.4 is 4.74 Å². The van der Waals surface area contributed by atoms with Gasteiger partial charge in [-0.3, -0.25) is 9.88 Å². The van der Waals surface area contributed by atoms with Gasteiger partial charge in [-0.2, -0.15) is 0 Å². The molecule has 25 heavy (non-hydrogen) atoms. The summed E-state index contributed by atoms with van der Waals surface area (Å²) in [5, 5.41) is 11.3. The Morgan fingerprint density at radius 1 is 1.36 bits per heavy atom. The highest BCUT2D eigenvalue weighted by Crippen LogP contribution is 2.44. The first kappa shape index (κ1) is 17.9. The molecule has 3 heterocycles. The van der Waals surface area contributed by atoms with Crippen LogP contribution in [-0.2, 0) is 15.1 Å². The van der Waals surface area contributed by atoms with Crippen LogP contribution in [0.3, 0.4) is 0 Å². The van der Waals surface area contributed by atoms with E-state index in [1.54, 1.807) is 30.5 Å². The Morgan fingerprint density at radius 3 is 2.56 bits per heavy atom. The van der Waals surface area contributed by atoms with Crippen molar-refractivity contribution in [2.24, 2.45) is 0 Å². The normalized spacial score (nSPS) is 29.2. The molecule has 1 N–H and O–H groups in total. The Labute approximate surface area is 147 Å². The zero-order valence-electron chi connectivity index (χ0n) is 15.2. The molecule has 2 aliphatic heterocycles. The second-order valence-electron chi connectivity index (χ2n) is 7.75. The number of morpholine rings is 1. The summed E-state index contributed by atoms with van der Waals surface area (Å²) in [5.41, 5.74) is -1.03. The van der Waals surface area contributed by atoms with Crippen LogP contribution in [0.1, 0.15) is 39.2 Å². The molecule has 2 saturated heterocycles. The second kappa shape index (κ2) is 6.46. The Bertz CT molecular complexity index is 629. The minimum Gasteiger partial charge on any atom is -0.496 e. The van der Waals surface area contributed by atoms with E-state index in [-0.39, 0.29) is 18.2 Å². The summed E-state index contributed by atoms with van der Waals surface area (Å²) in [7, 11) is 1.57. The Morgan fingerprint density at radius 2 is 2.00 bits per heavy atom. The molecule has 2 fully saturated rings. The highest BCUT2D eigenvalue weighted by atomic mass is 16.6. The van der Waals surface area contributed by atoms with Crippen LogP contribution in [-0.4, -0.2) is 59.1 Å². The Balaban J connectivity index is 1.87. The van der Waals surface area contributed by atoms with Crippen LogP contribution in [0, 0.1) is 0 Å². The van der Waals surface area contributed by atoms with E-state index >= 15 is 0 Å². The fourth-order valence-electron chi connectivity index (χ4n) is 3.72. The van der Waals surface area contributed by atoms with Crippen molar-refractivity contribution in [3.63, 3.8) is 0 Å². The third-order valence-corrected chi connectivity index (χ3v) is 4.66. The molecule has 0 aromatic carbocycles. The Kier molecular flexibility index (Phi) is 4.64. The predicted octanol–water partition coefficient (Wildman–Crippen LogP) is 2.08. The summed E-state index contributed by atoms with van der Waals surface area (Å²) in [6.45, 7) is 6.29. The van der Waals surface area contributed by atoms with Gasteiger partial charge in [-0.15, -0.1) is 0 Å². The molecular formula is C18H26N2O5. The molecular weight excluding hydrogens is 324 g/mol. The van der Waals surface area contributed by atoms with Gasteiger partial charge in [-0.05, 0) is 26.8 Å². The average molecular weight is 350 g/mol. The van der Waals surface area contributed by atoms with Crippen molar-refractivity contribution in [1.29, 1.82) is 0 Å². The van der Waals surface area contributed by atoms with Crippen molar-refractivity contribution in [1.82, 2.24) is 9.88 Å². The molecule has 0 saturated carbocycles. The molecule has 2 aliphatic rings. The number of pyridine rings is 1. The lowest BCUT2D eigenvalue weighted by atomic mass is 9.77. The maximum absolute atomic E-state index is 12.6. The maximum atomic E-state index is 12.6. The smallest absolute Gasteiger partial charge is 0.410 e. The highest BCUT2D eigenvalue weighted by molar-refractivity contribution is 5.69. The van der Waals surface area contributed by atoms with Crippen molar-refractivity contribution in [3.05, 3.63) is 24.0 Å². The van der Waals surface area contributed by atoms with Gasteiger partial charge in [-0.1, -0.05) is 0 Å². The molecule has 0 spiro atoms. The predicted molar refractivity (Wildman–Crippen MR) is 90.4 cm³/mol. The van der Waals surface area contributed by atoms with E-state index < -0.39 is 11.2 Å². The summed E-state index contributed by atoms with van der Waals surface area (Å²) < 4.78 is 16.6. The van der Waals surface area contributed by atoms with E-state index in [2.05, 4.69) is 4.98 Å². The molecule has 1 aromatic heterocycles. The van der Waals surface area contributed by atoms with Gasteiger partial charge in [0.25, 0.3) is 0 Å². The first-order chi connectivity index (χ1) is 11.7. The summed E-state index contributed by atoms with van der Waals surface area (Å²) in [5.74, 6) is 0.599. The molecule has 1 amide bonds. The number of fused-ring (bicyclic) bond motifs is 2. The van der Waals surface area contributed by atoms with E-state index in [1.165, 1.54) is 0 Å². The van der Waals surface area contributed by atoms with Gasteiger partial charge < -0.3 is 19.3 Å². The first-order valence-corrected chi connectivity index (χ1v) is 8.53. The van der Waals surface area contributed by atoms with E-state index in [9.17, 15) is 9.90 Å². The molecule has 3 rings (SSSR count). The monoisotopic (exact) mass is 350 g/mol. The number of hydrogen-bond donors (Lipinski definition) is 1. The lowest BCUT2D eigenvalue weighted by Gasteiger charge is -2.51. The lowest BCUT2D eigenvalue weighted by Crippen LogP contribution is -2.63. The van der Waals surface area contributed by atoms with Gasteiger partial charge in [-0.25, -0.2) is 4.79 Å². The molecule has 138 valence electrons. The number of nitrogens with zero attached hydrogens (tertiary/aromatic N) is 2. The van der Waals surface area contributed by atoms with E-state index in [1.807, 2.05) is 20.8 Å². The van der Waals surface area contributed by atoms with Gasteiger partial charge in [0, 0.05) is 30.8 Å². The highest BCUT2D eigenvalue weighted by Gasteiger charge is 2.50. The third-order valence-electron chi connectivity index (χ3n) is 4.66. The fourth-order valence-corrected chi connectivity index (χ4v) is 3.72. The summed E-state index contributed by atoms with van der Waals surface area (Å²) >= 11 is 0. The number of carbonyl (C=O) groups excluding carboxylic acids is 1. The van der Waals surface area contributed by atoms with Crippen LogP contribution in [0.4, 0.5) is 4.79 Å². The number of rotatable bonds is 2. The van der Waals surface area contributed by atoms with Crippen LogP contribution in [0.15, 0.2) is 18.5 Å². The van der Waals surface area contributed by atoms with Crippen molar-refractivity contribution in [2.45, 2.75) is 56.9 Å². The largest absolute Gasteiger partial charge is 0.496 e. The summed E-state index contributed by atoms with van der Waals surface area (Å²) in [4.78, 5) is 18.5. The molecule has 2 atom stereocenters. The molecule has 1 aromatic rings. The average Bonchev–Trinajstić information content (AvgIpc) is 2.52. The molecule has 0 radical (unpaired) electrons. The van der Waals surface area contributed by atoms with E-state index in [0.29, 0.717) is 37.4 Å². The summed E-state index contributed by atoms with van der Waals surface area (Å²) in [6, 6.07) is 1.23. The van der Waals surface area contributed by atoms with Gasteiger partial charge in [0.05, 0.1) is 38.0 Å². The zero-order chi connectivity index (χ0) is 18.2. The third kappa shape index (κ3) is 3.57. The SMILES string of the molecule is COc1ccncc1C1(O)CC2COCC(C1)N2C(=O)OC(C)(C)C. The quantitative estimate of drug-likeness (QED) is 0.879. The zero-order valence-corrected chi connectivity index (χ0v) is 15.2. The molecule has 7 heteroatoms. The minimum atomic E-state index is -1.11. The Hall–Kier alpha value is -1.86. The van der Waals surface area contributed by atoms with Crippen molar-refractivity contribution in [3.8, 4) is 5.75 Å². The number of hydrogen-bond acceptors (Lipinski definition) is 6. The van der Waals surface area contributed by atoms with Crippen LogP contribution >= 0.6 is 0 Å². The number of carbonyl (C=O) groups is 1. The number of aliphatic hydroxyl groups is 1. The first-order valence-electron chi connectivity index (χ1n) is 8.53. The lowest BCUT2D eigenvalue weighted by molar-refractivity contribution is -0.141. The van der Waals surface area contributed by atoms with Crippen LogP contribution in [0.25, 0.3) is 0 Å².